The Morgan fingerprint density at radius 2 is 2.15 bits per heavy atom. The van der Waals surface area contributed by atoms with E-state index in [1.165, 1.54) is 37.9 Å². The Morgan fingerprint density at radius 3 is 2.75 bits per heavy atom. The van der Waals surface area contributed by atoms with Gasteiger partial charge in [-0.15, -0.1) is 0 Å². The molecule has 2 N–H and O–H groups in total. The SMILES string of the molecule is CCCC1CCC(CN)(OCc2cncc(F)c2)CC1. The van der Waals surface area contributed by atoms with E-state index in [9.17, 15) is 4.39 Å². The van der Waals surface area contributed by atoms with Gasteiger partial charge in [-0.2, -0.15) is 0 Å². The normalized spacial score (nSPS) is 26.6. The van der Waals surface area contributed by atoms with Crippen LogP contribution in [0, 0.1) is 11.7 Å². The predicted octanol–water partition coefficient (Wildman–Crippen LogP) is 3.43. The molecule has 1 aliphatic rings. The highest BCUT2D eigenvalue weighted by Gasteiger charge is 2.34. The van der Waals surface area contributed by atoms with Gasteiger partial charge in [0.25, 0.3) is 0 Å². The smallest absolute Gasteiger partial charge is 0.141 e. The van der Waals surface area contributed by atoms with E-state index in [0.717, 1.165) is 24.3 Å². The first-order valence-corrected chi connectivity index (χ1v) is 7.61. The fraction of sp³-hybridized carbons (Fsp3) is 0.688. The summed E-state index contributed by atoms with van der Waals surface area (Å²) >= 11 is 0. The van der Waals surface area contributed by atoms with Crippen LogP contribution in [0.2, 0.25) is 0 Å². The van der Waals surface area contributed by atoms with E-state index in [0.29, 0.717) is 13.2 Å². The number of nitrogens with zero attached hydrogens (tertiary/aromatic N) is 1. The monoisotopic (exact) mass is 280 g/mol. The van der Waals surface area contributed by atoms with Gasteiger partial charge < -0.3 is 10.5 Å². The maximum absolute atomic E-state index is 13.1. The molecule has 2 rings (SSSR count). The minimum absolute atomic E-state index is 0.226. The van der Waals surface area contributed by atoms with E-state index < -0.39 is 0 Å². The molecular weight excluding hydrogens is 255 g/mol. The fourth-order valence-electron chi connectivity index (χ4n) is 3.08. The summed E-state index contributed by atoms with van der Waals surface area (Å²) in [4.78, 5) is 3.85. The Kier molecular flexibility index (Phi) is 5.49. The Bertz CT molecular complexity index is 417. The number of ether oxygens (including phenoxy) is 1. The van der Waals surface area contributed by atoms with Crippen LogP contribution in [0.3, 0.4) is 0 Å². The highest BCUT2D eigenvalue weighted by Crippen LogP contribution is 2.36. The van der Waals surface area contributed by atoms with Crippen molar-refractivity contribution in [2.75, 3.05) is 6.54 Å². The van der Waals surface area contributed by atoms with Crippen molar-refractivity contribution < 1.29 is 9.13 Å². The minimum atomic E-state index is -0.320. The Hall–Kier alpha value is -1.00. The van der Waals surface area contributed by atoms with E-state index in [1.807, 2.05) is 0 Å². The number of hydrogen-bond acceptors (Lipinski definition) is 3. The molecule has 0 amide bonds. The second-order valence-corrected chi connectivity index (χ2v) is 5.92. The summed E-state index contributed by atoms with van der Waals surface area (Å²) in [5.41, 5.74) is 6.48. The second-order valence-electron chi connectivity index (χ2n) is 5.92. The molecule has 1 aliphatic carbocycles. The van der Waals surface area contributed by atoms with E-state index in [-0.39, 0.29) is 11.4 Å². The molecule has 0 unspecified atom stereocenters. The first-order valence-electron chi connectivity index (χ1n) is 7.61. The second kappa shape index (κ2) is 7.14. The van der Waals surface area contributed by atoms with E-state index >= 15 is 0 Å². The lowest BCUT2D eigenvalue weighted by atomic mass is 9.77. The Labute approximate surface area is 120 Å². The first kappa shape index (κ1) is 15.4. The molecule has 0 spiro atoms. The quantitative estimate of drug-likeness (QED) is 0.868. The van der Waals surface area contributed by atoms with Gasteiger partial charge in [0.05, 0.1) is 18.4 Å². The van der Waals surface area contributed by atoms with Crippen LogP contribution in [0.1, 0.15) is 51.0 Å². The summed E-state index contributed by atoms with van der Waals surface area (Å²) in [6, 6.07) is 1.47. The van der Waals surface area contributed by atoms with Gasteiger partial charge in [0.2, 0.25) is 0 Å². The molecule has 0 atom stereocenters. The third-order valence-corrected chi connectivity index (χ3v) is 4.39. The summed E-state index contributed by atoms with van der Waals surface area (Å²) in [6.45, 7) is 3.16. The topological polar surface area (TPSA) is 48.1 Å². The van der Waals surface area contributed by atoms with Crippen LogP contribution in [-0.2, 0) is 11.3 Å². The molecule has 0 aliphatic heterocycles. The van der Waals surface area contributed by atoms with Crippen molar-refractivity contribution in [2.24, 2.45) is 11.7 Å². The number of aromatic nitrogens is 1. The summed E-state index contributed by atoms with van der Waals surface area (Å²) in [7, 11) is 0. The fourth-order valence-corrected chi connectivity index (χ4v) is 3.08. The largest absolute Gasteiger partial charge is 0.369 e. The molecule has 0 saturated heterocycles. The van der Waals surface area contributed by atoms with Crippen molar-refractivity contribution in [2.45, 2.75) is 57.7 Å². The number of halogens is 1. The van der Waals surface area contributed by atoms with Crippen molar-refractivity contribution in [3.8, 4) is 0 Å². The maximum atomic E-state index is 13.1. The van der Waals surface area contributed by atoms with Gasteiger partial charge in [0.1, 0.15) is 5.82 Å². The number of hydrogen-bond donors (Lipinski definition) is 1. The lowest BCUT2D eigenvalue weighted by Gasteiger charge is -2.39. The average molecular weight is 280 g/mol. The molecular formula is C16H25FN2O. The van der Waals surface area contributed by atoms with Crippen LogP contribution >= 0.6 is 0 Å². The van der Waals surface area contributed by atoms with Crippen LogP contribution in [0.25, 0.3) is 0 Å². The van der Waals surface area contributed by atoms with Crippen LogP contribution in [0.15, 0.2) is 18.5 Å². The maximum Gasteiger partial charge on any atom is 0.141 e. The van der Waals surface area contributed by atoms with Gasteiger partial charge in [-0.25, -0.2) is 4.39 Å². The molecule has 3 nitrogen and oxygen atoms in total. The lowest BCUT2D eigenvalue weighted by molar-refractivity contribution is -0.0817. The zero-order valence-electron chi connectivity index (χ0n) is 12.3. The summed E-state index contributed by atoms with van der Waals surface area (Å²) < 4.78 is 19.2. The molecule has 4 heteroatoms. The van der Waals surface area contributed by atoms with Crippen LogP contribution in [-0.4, -0.2) is 17.1 Å². The first-order chi connectivity index (χ1) is 9.67. The average Bonchev–Trinajstić information content (AvgIpc) is 2.47. The van der Waals surface area contributed by atoms with E-state index in [2.05, 4.69) is 11.9 Å². The zero-order chi connectivity index (χ0) is 14.4. The highest BCUT2D eigenvalue weighted by atomic mass is 19.1. The van der Waals surface area contributed by atoms with Crippen molar-refractivity contribution in [1.82, 2.24) is 4.98 Å². The summed E-state index contributed by atoms with van der Waals surface area (Å²) in [5, 5.41) is 0. The van der Waals surface area contributed by atoms with E-state index in [4.69, 9.17) is 10.5 Å². The number of nitrogens with two attached hydrogens (primary N) is 1. The lowest BCUT2D eigenvalue weighted by Crippen LogP contribution is -2.43. The molecule has 0 aromatic carbocycles. The number of rotatable bonds is 6. The molecule has 1 fully saturated rings. The zero-order valence-corrected chi connectivity index (χ0v) is 12.3. The Morgan fingerprint density at radius 1 is 1.40 bits per heavy atom. The molecule has 0 bridgehead atoms. The third kappa shape index (κ3) is 4.00. The van der Waals surface area contributed by atoms with Crippen molar-refractivity contribution in [1.29, 1.82) is 0 Å². The van der Waals surface area contributed by atoms with Gasteiger partial charge in [0.15, 0.2) is 0 Å². The molecule has 1 heterocycles. The van der Waals surface area contributed by atoms with Crippen LogP contribution in [0.5, 0.6) is 0 Å². The van der Waals surface area contributed by atoms with Crippen molar-refractivity contribution in [3.63, 3.8) is 0 Å². The molecule has 0 radical (unpaired) electrons. The van der Waals surface area contributed by atoms with E-state index in [1.54, 1.807) is 6.20 Å². The Balaban J connectivity index is 1.89. The molecule has 1 saturated carbocycles. The summed E-state index contributed by atoms with van der Waals surface area (Å²) in [5.74, 6) is 0.499. The van der Waals surface area contributed by atoms with Gasteiger partial charge in [-0.1, -0.05) is 19.8 Å². The van der Waals surface area contributed by atoms with Crippen molar-refractivity contribution >= 4 is 0 Å². The molecule has 1 aromatic rings. The van der Waals surface area contributed by atoms with Gasteiger partial charge in [-0.05, 0) is 43.2 Å². The van der Waals surface area contributed by atoms with Gasteiger partial charge >= 0.3 is 0 Å². The highest BCUT2D eigenvalue weighted by molar-refractivity contribution is 5.09. The molecule has 1 aromatic heterocycles. The van der Waals surface area contributed by atoms with Gasteiger partial charge in [0, 0.05) is 12.7 Å². The number of pyridine rings is 1. The molecule has 112 valence electrons. The predicted molar refractivity (Wildman–Crippen MR) is 77.6 cm³/mol. The standard InChI is InChI=1S/C16H25FN2O/c1-2-3-13-4-6-16(12-18,7-5-13)20-11-14-8-15(17)10-19-9-14/h8-10,13H,2-7,11-12,18H2,1H3. The molecule has 20 heavy (non-hydrogen) atoms. The summed E-state index contributed by atoms with van der Waals surface area (Å²) in [6.07, 6.45) is 9.80. The third-order valence-electron chi connectivity index (χ3n) is 4.39. The minimum Gasteiger partial charge on any atom is -0.369 e. The van der Waals surface area contributed by atoms with Crippen molar-refractivity contribution in [3.05, 3.63) is 29.8 Å². The van der Waals surface area contributed by atoms with Crippen LogP contribution < -0.4 is 5.73 Å². The van der Waals surface area contributed by atoms with Crippen LogP contribution in [0.4, 0.5) is 4.39 Å². The van der Waals surface area contributed by atoms with Gasteiger partial charge in [-0.3, -0.25) is 4.98 Å².